The Kier molecular flexibility index (Phi) is 2.97. The minimum Gasteiger partial charge on any atom is -0.396 e. The van der Waals surface area contributed by atoms with Crippen LogP contribution in [0.4, 0.5) is 0 Å². The van der Waals surface area contributed by atoms with E-state index in [1.807, 2.05) is 0 Å². The minimum absolute atomic E-state index is 0.0140. The third-order valence-electron chi connectivity index (χ3n) is 8.59. The Hall–Kier alpha value is -0.160. The summed E-state index contributed by atoms with van der Waals surface area (Å²) in [5.74, 6) is 1.66. The maximum atomic E-state index is 11.3. The first kappa shape index (κ1) is 15.1. The summed E-state index contributed by atoms with van der Waals surface area (Å²) in [5, 5.41) is 21.4. The van der Waals surface area contributed by atoms with Crippen LogP contribution in [0.3, 0.4) is 0 Å². The molecule has 5 fully saturated rings. The maximum Gasteiger partial charge on any atom is 0.0717 e. The molecule has 23 heavy (non-hydrogen) atoms. The van der Waals surface area contributed by atoms with Gasteiger partial charge in [0.2, 0.25) is 0 Å². The van der Waals surface area contributed by atoms with Crippen LogP contribution in [-0.4, -0.2) is 46.8 Å². The van der Waals surface area contributed by atoms with E-state index in [0.717, 1.165) is 25.7 Å². The fraction of sp³-hybridized carbons (Fsp3) is 1.00. The van der Waals surface area contributed by atoms with Gasteiger partial charge >= 0.3 is 0 Å². The van der Waals surface area contributed by atoms with E-state index in [0.29, 0.717) is 17.8 Å². The van der Waals surface area contributed by atoms with Crippen LogP contribution in [-0.2, 0) is 9.47 Å². The molecule has 1 aliphatic carbocycles. The second-order valence-electron chi connectivity index (χ2n) is 9.34. The van der Waals surface area contributed by atoms with Crippen molar-refractivity contribution in [2.75, 3.05) is 6.61 Å². The van der Waals surface area contributed by atoms with Crippen LogP contribution in [0.25, 0.3) is 0 Å². The molecule has 2 N–H and O–H groups in total. The van der Waals surface area contributed by atoms with E-state index < -0.39 is 5.60 Å². The zero-order valence-electron chi connectivity index (χ0n) is 14.4. The number of ether oxygens (including phenoxy) is 2. The monoisotopic (exact) mass is 322 g/mol. The molecular weight excluding hydrogens is 292 g/mol. The Bertz CT molecular complexity index is 515. The zero-order valence-corrected chi connectivity index (χ0v) is 14.4. The van der Waals surface area contributed by atoms with Gasteiger partial charge in [-0.15, -0.1) is 0 Å². The van der Waals surface area contributed by atoms with Gasteiger partial charge in [-0.3, -0.25) is 0 Å². The molecule has 5 rings (SSSR count). The van der Waals surface area contributed by atoms with Gasteiger partial charge in [0.15, 0.2) is 0 Å². The van der Waals surface area contributed by atoms with Crippen molar-refractivity contribution >= 4 is 0 Å². The first-order chi connectivity index (χ1) is 10.9. The molecule has 0 amide bonds. The highest BCUT2D eigenvalue weighted by molar-refractivity contribution is 5.24. The van der Waals surface area contributed by atoms with E-state index in [-0.39, 0.29) is 48.3 Å². The fourth-order valence-corrected chi connectivity index (χ4v) is 7.49. The predicted octanol–water partition coefficient (Wildman–Crippen LogP) is 1.97. The molecule has 10 atom stereocenters. The molecule has 0 radical (unpaired) electrons. The number of aliphatic hydroxyl groups excluding tert-OH is 1. The van der Waals surface area contributed by atoms with Gasteiger partial charge in [-0.25, -0.2) is 0 Å². The highest BCUT2D eigenvalue weighted by Gasteiger charge is 2.78. The van der Waals surface area contributed by atoms with Crippen LogP contribution in [0.5, 0.6) is 0 Å². The Morgan fingerprint density at radius 2 is 1.61 bits per heavy atom. The lowest BCUT2D eigenvalue weighted by Gasteiger charge is -2.51. The second-order valence-corrected chi connectivity index (χ2v) is 9.34. The number of hydrogen-bond acceptors (Lipinski definition) is 4. The molecular formula is C19H30O4. The van der Waals surface area contributed by atoms with Crippen LogP contribution in [0.15, 0.2) is 0 Å². The van der Waals surface area contributed by atoms with Gasteiger partial charge in [-0.05, 0) is 24.7 Å². The van der Waals surface area contributed by atoms with Crippen molar-refractivity contribution in [2.24, 2.45) is 35.0 Å². The fourth-order valence-electron chi connectivity index (χ4n) is 7.49. The first-order valence-electron chi connectivity index (χ1n) is 9.57. The summed E-state index contributed by atoms with van der Waals surface area (Å²) < 4.78 is 13.0. The molecule has 4 saturated heterocycles. The van der Waals surface area contributed by atoms with Crippen molar-refractivity contribution < 1.29 is 19.7 Å². The molecule has 0 aromatic carbocycles. The van der Waals surface area contributed by atoms with E-state index >= 15 is 0 Å². The van der Waals surface area contributed by atoms with Gasteiger partial charge in [-0.2, -0.15) is 0 Å². The molecule has 5 aliphatic rings. The lowest BCUT2D eigenvalue weighted by atomic mass is 9.50. The van der Waals surface area contributed by atoms with E-state index in [9.17, 15) is 10.2 Å². The SMILES string of the molecule is CC1C(C)C2OC1C1C3OC(C(CO)C3C3(O)CCCC3)C21C. The van der Waals surface area contributed by atoms with Crippen molar-refractivity contribution in [3.05, 3.63) is 0 Å². The third-order valence-corrected chi connectivity index (χ3v) is 8.59. The van der Waals surface area contributed by atoms with E-state index in [1.54, 1.807) is 0 Å². The zero-order chi connectivity index (χ0) is 16.1. The molecule has 0 spiro atoms. The first-order valence-corrected chi connectivity index (χ1v) is 9.57. The maximum absolute atomic E-state index is 11.3. The van der Waals surface area contributed by atoms with E-state index in [2.05, 4.69) is 20.8 Å². The predicted molar refractivity (Wildman–Crippen MR) is 84.7 cm³/mol. The van der Waals surface area contributed by atoms with Crippen LogP contribution in [0, 0.1) is 35.0 Å². The Balaban J connectivity index is 1.56. The summed E-state index contributed by atoms with van der Waals surface area (Å²) in [6, 6.07) is 0. The molecule has 0 aromatic rings. The smallest absolute Gasteiger partial charge is 0.0717 e. The summed E-state index contributed by atoms with van der Waals surface area (Å²) >= 11 is 0. The van der Waals surface area contributed by atoms with E-state index in [4.69, 9.17) is 9.47 Å². The number of fused-ring (bicyclic) bond motifs is 9. The Labute approximate surface area is 138 Å². The molecule has 4 heteroatoms. The van der Waals surface area contributed by atoms with Gasteiger partial charge in [0.25, 0.3) is 0 Å². The largest absolute Gasteiger partial charge is 0.396 e. The van der Waals surface area contributed by atoms with Crippen molar-refractivity contribution in [1.29, 1.82) is 0 Å². The van der Waals surface area contributed by atoms with E-state index in [1.165, 1.54) is 0 Å². The van der Waals surface area contributed by atoms with Crippen molar-refractivity contribution in [2.45, 2.75) is 76.5 Å². The normalized spacial score (nSPS) is 62.2. The van der Waals surface area contributed by atoms with Crippen LogP contribution in [0.1, 0.15) is 46.5 Å². The molecule has 4 bridgehead atoms. The average molecular weight is 322 g/mol. The summed E-state index contributed by atoms with van der Waals surface area (Å²) in [6.45, 7) is 7.06. The van der Waals surface area contributed by atoms with Gasteiger partial charge in [0.1, 0.15) is 0 Å². The Morgan fingerprint density at radius 1 is 0.957 bits per heavy atom. The standard InChI is InChI=1S/C19H30O4/c1-9-10(2)16-18(3)13(14(9)22-16)15-12(11(8-20)17(18)23-15)19(21)6-4-5-7-19/h9-17,20-21H,4-8H2,1-3H3. The van der Waals surface area contributed by atoms with Gasteiger partial charge in [0.05, 0.1) is 30.0 Å². The Morgan fingerprint density at radius 3 is 2.26 bits per heavy atom. The van der Waals surface area contributed by atoms with Crippen molar-refractivity contribution in [3.8, 4) is 0 Å². The lowest BCUT2D eigenvalue weighted by molar-refractivity contribution is -0.0923. The lowest BCUT2D eigenvalue weighted by Crippen LogP contribution is -2.60. The number of aliphatic hydroxyl groups is 2. The number of hydrogen-bond donors (Lipinski definition) is 2. The summed E-state index contributed by atoms with van der Waals surface area (Å²) in [5.41, 5.74) is -0.620. The molecule has 10 unspecified atom stereocenters. The van der Waals surface area contributed by atoms with Crippen molar-refractivity contribution in [3.63, 3.8) is 0 Å². The van der Waals surface area contributed by atoms with Gasteiger partial charge in [0, 0.05) is 29.8 Å². The van der Waals surface area contributed by atoms with Crippen molar-refractivity contribution in [1.82, 2.24) is 0 Å². The molecule has 1 saturated carbocycles. The van der Waals surface area contributed by atoms with Crippen LogP contribution in [0.2, 0.25) is 0 Å². The minimum atomic E-state index is -0.634. The molecule has 4 aliphatic heterocycles. The molecule has 130 valence electrons. The average Bonchev–Trinajstić information content (AvgIpc) is 3.26. The molecule has 4 heterocycles. The summed E-state index contributed by atoms with van der Waals surface area (Å²) in [6.07, 6.45) is 4.55. The van der Waals surface area contributed by atoms with Gasteiger partial charge in [-0.1, -0.05) is 33.6 Å². The number of rotatable bonds is 2. The summed E-state index contributed by atoms with van der Waals surface area (Å²) in [7, 11) is 0. The summed E-state index contributed by atoms with van der Waals surface area (Å²) in [4.78, 5) is 0. The van der Waals surface area contributed by atoms with Gasteiger partial charge < -0.3 is 19.7 Å². The highest BCUT2D eigenvalue weighted by Crippen LogP contribution is 2.70. The van der Waals surface area contributed by atoms with Crippen LogP contribution < -0.4 is 0 Å². The highest BCUT2D eigenvalue weighted by atomic mass is 16.6. The third kappa shape index (κ3) is 1.53. The second kappa shape index (κ2) is 4.51. The van der Waals surface area contributed by atoms with Crippen LogP contribution >= 0.6 is 0 Å². The topological polar surface area (TPSA) is 58.9 Å². The quantitative estimate of drug-likeness (QED) is 0.816. The molecule has 4 nitrogen and oxygen atoms in total. The molecule has 0 aromatic heterocycles.